The normalized spacial score (nSPS) is 14.6. The number of benzene rings is 2. The molecular formula is C23H31N3O4S. The predicted molar refractivity (Wildman–Crippen MR) is 121 cm³/mol. The van der Waals surface area contributed by atoms with Crippen LogP contribution in [0.4, 0.5) is 0 Å². The van der Waals surface area contributed by atoms with Crippen molar-refractivity contribution in [2.45, 2.75) is 24.7 Å². The molecule has 2 aromatic rings. The van der Waals surface area contributed by atoms with Gasteiger partial charge < -0.3 is 15.0 Å². The molecule has 1 amide bonds. The Labute approximate surface area is 185 Å². The molecule has 1 N–H and O–H groups in total. The van der Waals surface area contributed by atoms with Crippen LogP contribution in [0, 0.1) is 0 Å². The number of nitrogens with zero attached hydrogens (tertiary/aromatic N) is 2. The summed E-state index contributed by atoms with van der Waals surface area (Å²) in [6.45, 7) is 5.17. The van der Waals surface area contributed by atoms with E-state index in [0.717, 1.165) is 25.1 Å². The highest BCUT2D eigenvalue weighted by Crippen LogP contribution is 2.20. The van der Waals surface area contributed by atoms with Crippen LogP contribution in [-0.4, -0.2) is 69.4 Å². The van der Waals surface area contributed by atoms with Crippen LogP contribution in [0.2, 0.25) is 0 Å². The van der Waals surface area contributed by atoms with Crippen LogP contribution < -0.4 is 10.1 Å². The molecule has 1 aliphatic heterocycles. The lowest BCUT2D eigenvalue weighted by molar-refractivity contribution is -0.131. The number of amides is 1. The molecule has 1 heterocycles. The Kier molecular flexibility index (Phi) is 8.45. The van der Waals surface area contributed by atoms with Gasteiger partial charge in [0.25, 0.3) is 0 Å². The Balaban J connectivity index is 1.74. The summed E-state index contributed by atoms with van der Waals surface area (Å²) in [6.07, 6.45) is 1.38. The van der Waals surface area contributed by atoms with Crippen molar-refractivity contribution in [1.82, 2.24) is 14.5 Å². The number of rotatable bonds is 10. The van der Waals surface area contributed by atoms with Crippen LogP contribution in [0.5, 0.6) is 5.75 Å². The minimum Gasteiger partial charge on any atom is -0.494 e. The van der Waals surface area contributed by atoms with E-state index in [2.05, 4.69) is 5.32 Å². The maximum absolute atomic E-state index is 13.4. The smallest absolute Gasteiger partial charge is 0.243 e. The van der Waals surface area contributed by atoms with Gasteiger partial charge in [0.1, 0.15) is 5.75 Å². The van der Waals surface area contributed by atoms with E-state index in [1.165, 1.54) is 4.31 Å². The molecule has 31 heavy (non-hydrogen) atoms. The van der Waals surface area contributed by atoms with Crippen molar-refractivity contribution in [2.24, 2.45) is 0 Å². The van der Waals surface area contributed by atoms with Crippen LogP contribution in [-0.2, 0) is 21.2 Å². The molecule has 1 fully saturated rings. The molecule has 2 aromatic carbocycles. The van der Waals surface area contributed by atoms with Crippen molar-refractivity contribution in [3.63, 3.8) is 0 Å². The first kappa shape index (κ1) is 23.2. The van der Waals surface area contributed by atoms with Crippen molar-refractivity contribution in [3.05, 3.63) is 60.2 Å². The molecule has 0 saturated carbocycles. The van der Waals surface area contributed by atoms with Gasteiger partial charge in [-0.15, -0.1) is 0 Å². The van der Waals surface area contributed by atoms with Gasteiger partial charge in [-0.05, 0) is 49.6 Å². The molecule has 3 rings (SSSR count). The van der Waals surface area contributed by atoms with Crippen LogP contribution in [0.25, 0.3) is 0 Å². The van der Waals surface area contributed by atoms with E-state index in [-0.39, 0.29) is 23.9 Å². The van der Waals surface area contributed by atoms with Gasteiger partial charge in [-0.3, -0.25) is 4.79 Å². The average molecular weight is 446 g/mol. The Bertz CT molecular complexity index is 927. The SMILES string of the molecule is CCOc1ccc(S(=O)(=O)N(CCCc2ccccc2)CC(=O)N2CCNCC2)cc1. The fourth-order valence-electron chi connectivity index (χ4n) is 3.58. The molecule has 7 nitrogen and oxygen atoms in total. The maximum Gasteiger partial charge on any atom is 0.243 e. The molecule has 8 heteroatoms. The minimum absolute atomic E-state index is 0.148. The Morgan fingerprint density at radius 1 is 1.06 bits per heavy atom. The van der Waals surface area contributed by atoms with Crippen LogP contribution in [0.1, 0.15) is 18.9 Å². The first-order chi connectivity index (χ1) is 15.0. The number of aryl methyl sites for hydroxylation is 1. The van der Waals surface area contributed by atoms with Crippen molar-refractivity contribution in [2.75, 3.05) is 45.9 Å². The molecule has 1 aliphatic rings. The summed E-state index contributed by atoms with van der Waals surface area (Å²) in [5, 5.41) is 3.21. The molecule has 0 radical (unpaired) electrons. The highest BCUT2D eigenvalue weighted by Gasteiger charge is 2.28. The molecule has 0 atom stereocenters. The number of carbonyl (C=O) groups excluding carboxylic acids is 1. The van der Waals surface area contributed by atoms with Crippen LogP contribution in [0.15, 0.2) is 59.5 Å². The number of sulfonamides is 1. The topological polar surface area (TPSA) is 79.0 Å². The number of nitrogens with one attached hydrogen (secondary N) is 1. The van der Waals surface area contributed by atoms with E-state index in [9.17, 15) is 13.2 Å². The zero-order chi connectivity index (χ0) is 22.1. The van der Waals surface area contributed by atoms with Crippen molar-refractivity contribution >= 4 is 15.9 Å². The average Bonchev–Trinajstić information content (AvgIpc) is 2.80. The second-order valence-corrected chi connectivity index (χ2v) is 9.40. The van der Waals surface area contributed by atoms with E-state index in [1.54, 1.807) is 29.2 Å². The van der Waals surface area contributed by atoms with E-state index < -0.39 is 10.0 Å². The van der Waals surface area contributed by atoms with Gasteiger partial charge in [0.05, 0.1) is 18.0 Å². The lowest BCUT2D eigenvalue weighted by atomic mass is 10.1. The predicted octanol–water partition coefficient (Wildman–Crippen LogP) is 2.14. The first-order valence-electron chi connectivity index (χ1n) is 10.8. The van der Waals surface area contributed by atoms with Gasteiger partial charge in [0, 0.05) is 32.7 Å². The summed E-state index contributed by atoms with van der Waals surface area (Å²) in [7, 11) is -3.81. The maximum atomic E-state index is 13.4. The number of hydrogen-bond acceptors (Lipinski definition) is 5. The largest absolute Gasteiger partial charge is 0.494 e. The summed E-state index contributed by atoms with van der Waals surface area (Å²) in [4.78, 5) is 14.7. The second-order valence-electron chi connectivity index (χ2n) is 7.46. The molecule has 0 spiro atoms. The molecule has 0 unspecified atom stereocenters. The zero-order valence-corrected chi connectivity index (χ0v) is 18.8. The lowest BCUT2D eigenvalue weighted by Crippen LogP contribution is -2.50. The van der Waals surface area contributed by atoms with E-state index in [4.69, 9.17) is 4.74 Å². The summed E-state index contributed by atoms with van der Waals surface area (Å²) in [5.41, 5.74) is 1.15. The number of carbonyl (C=O) groups is 1. The fraction of sp³-hybridized carbons (Fsp3) is 0.435. The van der Waals surface area contributed by atoms with Gasteiger partial charge in [0.15, 0.2) is 0 Å². The van der Waals surface area contributed by atoms with Gasteiger partial charge in [-0.1, -0.05) is 30.3 Å². The van der Waals surface area contributed by atoms with E-state index >= 15 is 0 Å². The Morgan fingerprint density at radius 2 is 1.74 bits per heavy atom. The van der Waals surface area contributed by atoms with Gasteiger partial charge in [-0.25, -0.2) is 8.42 Å². The molecule has 0 aromatic heterocycles. The van der Waals surface area contributed by atoms with Crippen LogP contribution >= 0.6 is 0 Å². The summed E-state index contributed by atoms with van der Waals surface area (Å²) in [6, 6.07) is 16.3. The monoisotopic (exact) mass is 445 g/mol. The number of piperazine rings is 1. The van der Waals surface area contributed by atoms with E-state index in [1.807, 2.05) is 37.3 Å². The lowest BCUT2D eigenvalue weighted by Gasteiger charge is -2.30. The highest BCUT2D eigenvalue weighted by molar-refractivity contribution is 7.89. The summed E-state index contributed by atoms with van der Waals surface area (Å²) in [5.74, 6) is 0.463. The third-order valence-corrected chi connectivity index (χ3v) is 7.13. The zero-order valence-electron chi connectivity index (χ0n) is 18.0. The highest BCUT2D eigenvalue weighted by atomic mass is 32.2. The first-order valence-corrected chi connectivity index (χ1v) is 12.2. The Hall–Kier alpha value is -2.42. The molecule has 168 valence electrons. The molecule has 1 saturated heterocycles. The van der Waals surface area contributed by atoms with E-state index in [0.29, 0.717) is 31.9 Å². The van der Waals surface area contributed by atoms with Crippen LogP contribution in [0.3, 0.4) is 0 Å². The minimum atomic E-state index is -3.81. The third-order valence-electron chi connectivity index (χ3n) is 5.27. The number of hydrogen-bond donors (Lipinski definition) is 1. The fourth-order valence-corrected chi connectivity index (χ4v) is 5.01. The Morgan fingerprint density at radius 3 is 2.39 bits per heavy atom. The summed E-state index contributed by atoms with van der Waals surface area (Å²) < 4.78 is 33.5. The van der Waals surface area contributed by atoms with Crippen molar-refractivity contribution in [3.8, 4) is 5.75 Å². The summed E-state index contributed by atoms with van der Waals surface area (Å²) >= 11 is 0. The van der Waals surface area contributed by atoms with Gasteiger partial charge >= 0.3 is 0 Å². The molecule has 0 aliphatic carbocycles. The standard InChI is InChI=1S/C23H31N3O4S/c1-2-30-21-10-12-22(13-11-21)31(28,29)26(16-6-9-20-7-4-3-5-8-20)19-23(27)25-17-14-24-15-18-25/h3-5,7-8,10-13,24H,2,6,9,14-19H2,1H3. The third kappa shape index (κ3) is 6.53. The van der Waals surface area contributed by atoms with Crippen molar-refractivity contribution < 1.29 is 17.9 Å². The number of ether oxygens (including phenoxy) is 1. The van der Waals surface area contributed by atoms with Gasteiger partial charge in [0.2, 0.25) is 15.9 Å². The van der Waals surface area contributed by atoms with Gasteiger partial charge in [-0.2, -0.15) is 4.31 Å². The van der Waals surface area contributed by atoms with Crippen molar-refractivity contribution in [1.29, 1.82) is 0 Å². The second kappa shape index (κ2) is 11.3. The molecule has 0 bridgehead atoms. The molecular weight excluding hydrogens is 414 g/mol. The quantitative estimate of drug-likeness (QED) is 0.606.